The van der Waals surface area contributed by atoms with E-state index in [0.717, 1.165) is 40.8 Å². The summed E-state index contributed by atoms with van der Waals surface area (Å²) in [7, 11) is 0. The van der Waals surface area contributed by atoms with Gasteiger partial charge in [0, 0.05) is 32.9 Å². The Hall–Kier alpha value is -5.60. The summed E-state index contributed by atoms with van der Waals surface area (Å²) >= 11 is 0. The molecule has 47 heavy (non-hydrogen) atoms. The third-order valence-electron chi connectivity index (χ3n) is 10.6. The molecule has 0 atom stereocenters. The molecule has 0 radical (unpaired) electrons. The van der Waals surface area contributed by atoms with Crippen LogP contribution < -0.4 is 4.90 Å². The maximum absolute atomic E-state index is 6.30. The number of benzene rings is 7. The monoisotopic (exact) mass is 605 g/mol. The van der Waals surface area contributed by atoms with Crippen LogP contribution in [0.3, 0.4) is 0 Å². The average Bonchev–Trinajstić information content (AvgIpc) is 3.66. The molecule has 0 aliphatic heterocycles. The van der Waals surface area contributed by atoms with Gasteiger partial charge in [-0.2, -0.15) is 0 Å². The van der Waals surface area contributed by atoms with E-state index in [9.17, 15) is 0 Å². The first-order chi connectivity index (χ1) is 23.2. The van der Waals surface area contributed by atoms with E-state index in [1.54, 1.807) is 0 Å². The van der Waals surface area contributed by atoms with Crippen LogP contribution in [-0.4, -0.2) is 0 Å². The minimum Gasteiger partial charge on any atom is -0.456 e. The van der Waals surface area contributed by atoms with E-state index in [-0.39, 0.29) is 5.41 Å². The lowest BCUT2D eigenvalue weighted by Crippen LogP contribution is -2.23. The van der Waals surface area contributed by atoms with E-state index in [4.69, 9.17) is 4.42 Å². The highest BCUT2D eigenvalue weighted by Gasteiger charge is 2.40. The number of fused-ring (bicyclic) bond motifs is 8. The molecule has 226 valence electrons. The zero-order chi connectivity index (χ0) is 31.5. The van der Waals surface area contributed by atoms with Gasteiger partial charge in [0.2, 0.25) is 0 Å². The molecule has 1 aromatic heterocycles. The first-order valence-corrected chi connectivity index (χ1v) is 16.7. The molecule has 2 nitrogen and oxygen atoms in total. The fraction of sp³-hybridized carbons (Fsp3) is 0.111. The molecule has 0 unspecified atom stereocenters. The highest BCUT2D eigenvalue weighted by Crippen LogP contribution is 2.54. The maximum Gasteiger partial charge on any atom is 0.136 e. The fourth-order valence-electron chi connectivity index (χ4n) is 8.21. The Balaban J connectivity index is 1.29. The first-order valence-electron chi connectivity index (χ1n) is 16.7. The molecular weight excluding hydrogens is 571 g/mol. The molecule has 0 amide bonds. The van der Waals surface area contributed by atoms with Gasteiger partial charge >= 0.3 is 0 Å². The summed E-state index contributed by atoms with van der Waals surface area (Å²) in [5.74, 6) is 0. The molecule has 0 spiro atoms. The topological polar surface area (TPSA) is 16.4 Å². The van der Waals surface area contributed by atoms with E-state index in [0.29, 0.717) is 0 Å². The summed E-state index contributed by atoms with van der Waals surface area (Å²) in [4.78, 5) is 2.45. The van der Waals surface area contributed by atoms with Gasteiger partial charge < -0.3 is 9.32 Å². The van der Waals surface area contributed by atoms with Crippen LogP contribution in [0.5, 0.6) is 0 Å². The van der Waals surface area contributed by atoms with E-state index >= 15 is 0 Å². The SMILES string of the molecule is CCC1(CC)c2ccccc2-c2ccc(N(c3ccc(-c4ccccc4)cc3)c3cccc4c3ccc3oc5ccccc5c34)cc21. The van der Waals surface area contributed by atoms with Crippen molar-refractivity contribution in [3.05, 3.63) is 163 Å². The van der Waals surface area contributed by atoms with Crippen LogP contribution in [-0.2, 0) is 5.41 Å². The molecule has 7 aromatic carbocycles. The van der Waals surface area contributed by atoms with E-state index in [2.05, 4.69) is 164 Å². The zero-order valence-corrected chi connectivity index (χ0v) is 26.7. The number of hydrogen-bond donors (Lipinski definition) is 0. The number of rotatable bonds is 6. The van der Waals surface area contributed by atoms with Crippen molar-refractivity contribution in [1.29, 1.82) is 0 Å². The van der Waals surface area contributed by atoms with Crippen molar-refractivity contribution in [3.8, 4) is 22.3 Å². The number of para-hydroxylation sites is 1. The van der Waals surface area contributed by atoms with E-state index in [1.807, 2.05) is 6.07 Å². The number of hydrogen-bond acceptors (Lipinski definition) is 2. The highest BCUT2D eigenvalue weighted by atomic mass is 16.3. The molecule has 1 heterocycles. The van der Waals surface area contributed by atoms with Gasteiger partial charge in [0.05, 0.1) is 5.69 Å². The summed E-state index contributed by atoms with van der Waals surface area (Å²) in [6.45, 7) is 4.68. The lowest BCUT2D eigenvalue weighted by molar-refractivity contribution is 0.490. The Bertz CT molecular complexity index is 2430. The van der Waals surface area contributed by atoms with Gasteiger partial charge in [-0.3, -0.25) is 0 Å². The van der Waals surface area contributed by atoms with Crippen molar-refractivity contribution in [2.24, 2.45) is 0 Å². The second-order valence-electron chi connectivity index (χ2n) is 12.7. The number of nitrogens with zero attached hydrogens (tertiary/aromatic N) is 1. The normalized spacial score (nSPS) is 13.2. The Morgan fingerprint density at radius 3 is 2.00 bits per heavy atom. The highest BCUT2D eigenvalue weighted by molar-refractivity contribution is 6.21. The van der Waals surface area contributed by atoms with Crippen molar-refractivity contribution in [3.63, 3.8) is 0 Å². The van der Waals surface area contributed by atoms with Crippen LogP contribution in [0.4, 0.5) is 17.1 Å². The summed E-state index contributed by atoms with van der Waals surface area (Å²) in [5.41, 5.74) is 13.3. The summed E-state index contributed by atoms with van der Waals surface area (Å²) in [5, 5.41) is 4.70. The van der Waals surface area contributed by atoms with Crippen molar-refractivity contribution >= 4 is 49.8 Å². The zero-order valence-electron chi connectivity index (χ0n) is 26.7. The Morgan fingerprint density at radius 2 is 1.17 bits per heavy atom. The molecule has 0 bridgehead atoms. The Kier molecular flexibility index (Phi) is 6.33. The third-order valence-corrected chi connectivity index (χ3v) is 10.6. The molecule has 0 saturated carbocycles. The van der Waals surface area contributed by atoms with Crippen LogP contribution in [0.15, 0.2) is 156 Å². The largest absolute Gasteiger partial charge is 0.456 e. The molecular formula is C45H35NO. The van der Waals surface area contributed by atoms with Gasteiger partial charge in [-0.1, -0.05) is 117 Å². The second-order valence-corrected chi connectivity index (χ2v) is 12.7. The Labute approximate surface area is 275 Å². The van der Waals surface area contributed by atoms with Gasteiger partial charge in [0.1, 0.15) is 11.2 Å². The fourth-order valence-corrected chi connectivity index (χ4v) is 8.21. The number of furan rings is 1. The quantitative estimate of drug-likeness (QED) is 0.187. The molecule has 0 N–H and O–H groups in total. The van der Waals surface area contributed by atoms with Gasteiger partial charge in [-0.15, -0.1) is 0 Å². The average molecular weight is 606 g/mol. The smallest absolute Gasteiger partial charge is 0.136 e. The molecule has 0 saturated heterocycles. The van der Waals surface area contributed by atoms with E-state index < -0.39 is 0 Å². The molecule has 0 fully saturated rings. The van der Waals surface area contributed by atoms with Crippen molar-refractivity contribution < 1.29 is 4.42 Å². The van der Waals surface area contributed by atoms with Crippen LogP contribution in [0.25, 0.3) is 55.0 Å². The minimum absolute atomic E-state index is 0.00853. The van der Waals surface area contributed by atoms with Crippen molar-refractivity contribution in [2.45, 2.75) is 32.1 Å². The summed E-state index contributed by atoms with van der Waals surface area (Å²) in [6.07, 6.45) is 2.12. The summed E-state index contributed by atoms with van der Waals surface area (Å²) < 4.78 is 6.30. The molecule has 2 heteroatoms. The maximum atomic E-state index is 6.30. The number of anilines is 3. The predicted molar refractivity (Wildman–Crippen MR) is 198 cm³/mol. The van der Waals surface area contributed by atoms with E-state index in [1.165, 1.54) is 55.2 Å². The molecule has 8 aromatic rings. The molecule has 1 aliphatic rings. The standard InChI is InChI=1S/C45H35NO/c1-3-45(4-2)39-18-10-8-15-34(39)35-26-25-33(29-40(35)45)46(32-23-21-31(22-24-32)30-13-6-5-7-14-30)41-19-12-17-37-36(41)27-28-43-44(37)38-16-9-11-20-42(38)47-43/h5-29H,3-4H2,1-2H3. The van der Waals surface area contributed by atoms with Crippen LogP contribution in [0.2, 0.25) is 0 Å². The van der Waals surface area contributed by atoms with Gasteiger partial charge in [0.15, 0.2) is 0 Å². The summed E-state index contributed by atoms with van der Waals surface area (Å²) in [6, 6.07) is 55.2. The van der Waals surface area contributed by atoms with Crippen LogP contribution in [0.1, 0.15) is 37.8 Å². The van der Waals surface area contributed by atoms with Crippen molar-refractivity contribution in [2.75, 3.05) is 4.90 Å². The third kappa shape index (κ3) is 4.11. The lowest BCUT2D eigenvalue weighted by atomic mass is 9.74. The second kappa shape index (κ2) is 10.7. The minimum atomic E-state index is -0.00853. The first kappa shape index (κ1) is 27.7. The van der Waals surface area contributed by atoms with Gasteiger partial charge in [-0.05, 0) is 100 Å². The Morgan fingerprint density at radius 1 is 0.489 bits per heavy atom. The molecule has 1 aliphatic carbocycles. The lowest BCUT2D eigenvalue weighted by Gasteiger charge is -2.32. The predicted octanol–water partition coefficient (Wildman–Crippen LogP) is 13.0. The molecule has 9 rings (SSSR count). The van der Waals surface area contributed by atoms with Crippen molar-refractivity contribution in [1.82, 2.24) is 0 Å². The van der Waals surface area contributed by atoms with Gasteiger partial charge in [0.25, 0.3) is 0 Å². The van der Waals surface area contributed by atoms with Crippen LogP contribution in [0, 0.1) is 0 Å². The van der Waals surface area contributed by atoms with Gasteiger partial charge in [-0.25, -0.2) is 0 Å². The van der Waals surface area contributed by atoms with Crippen LogP contribution >= 0.6 is 0 Å².